The van der Waals surface area contributed by atoms with Crippen molar-refractivity contribution in [1.82, 2.24) is 5.32 Å². The minimum atomic E-state index is 0.243. The van der Waals surface area contributed by atoms with E-state index in [1.807, 2.05) is 31.2 Å². The highest BCUT2D eigenvalue weighted by atomic mass is 79.9. The fourth-order valence-electron chi connectivity index (χ4n) is 1.16. The van der Waals surface area contributed by atoms with Crippen LogP contribution in [0.5, 0.6) is 5.75 Å². The lowest BCUT2D eigenvalue weighted by Gasteiger charge is -2.11. The molecule has 0 saturated carbocycles. The van der Waals surface area contributed by atoms with Crippen molar-refractivity contribution in [3.63, 3.8) is 0 Å². The van der Waals surface area contributed by atoms with Gasteiger partial charge < -0.3 is 14.8 Å². The quantitative estimate of drug-likeness (QED) is 0.782. The molecule has 0 heterocycles. The second-order valence-corrected chi connectivity index (χ2v) is 4.47. The third kappa shape index (κ3) is 5.49. The van der Waals surface area contributed by atoms with Gasteiger partial charge in [0, 0.05) is 24.7 Å². The average Bonchev–Trinajstić information content (AvgIpc) is 2.31. The van der Waals surface area contributed by atoms with Crippen molar-refractivity contribution in [2.24, 2.45) is 0 Å². The summed E-state index contributed by atoms with van der Waals surface area (Å²) in [6, 6.07) is 7.83. The molecule has 0 amide bonds. The van der Waals surface area contributed by atoms with Gasteiger partial charge in [-0.2, -0.15) is 0 Å². The van der Waals surface area contributed by atoms with E-state index >= 15 is 0 Å². The Morgan fingerprint density at radius 1 is 1.31 bits per heavy atom. The highest BCUT2D eigenvalue weighted by Crippen LogP contribution is 2.15. The van der Waals surface area contributed by atoms with Crippen molar-refractivity contribution in [1.29, 1.82) is 0 Å². The number of benzene rings is 1. The predicted molar refractivity (Wildman–Crippen MR) is 69.0 cm³/mol. The first kappa shape index (κ1) is 13.5. The van der Waals surface area contributed by atoms with Crippen LogP contribution in [0, 0.1) is 0 Å². The smallest absolute Gasteiger partial charge is 0.119 e. The van der Waals surface area contributed by atoms with E-state index < -0.39 is 0 Å². The second-order valence-electron chi connectivity index (χ2n) is 3.55. The van der Waals surface area contributed by atoms with E-state index in [2.05, 4.69) is 21.2 Å². The largest absolute Gasteiger partial charge is 0.492 e. The average molecular weight is 288 g/mol. The molecular weight excluding hydrogens is 270 g/mol. The SMILES string of the molecule is COC(C)CNCCOc1ccc(Br)cc1. The van der Waals surface area contributed by atoms with Crippen LogP contribution in [0.15, 0.2) is 28.7 Å². The molecule has 1 aromatic carbocycles. The highest BCUT2D eigenvalue weighted by molar-refractivity contribution is 9.10. The van der Waals surface area contributed by atoms with Gasteiger partial charge in [-0.05, 0) is 31.2 Å². The maximum atomic E-state index is 5.55. The van der Waals surface area contributed by atoms with Gasteiger partial charge in [0.1, 0.15) is 12.4 Å². The number of methoxy groups -OCH3 is 1. The Labute approximate surface area is 105 Å². The van der Waals surface area contributed by atoms with Gasteiger partial charge in [-0.25, -0.2) is 0 Å². The van der Waals surface area contributed by atoms with Gasteiger partial charge in [0.05, 0.1) is 6.10 Å². The molecule has 0 saturated heterocycles. The molecule has 90 valence electrons. The van der Waals surface area contributed by atoms with Crippen molar-refractivity contribution in [2.45, 2.75) is 13.0 Å². The van der Waals surface area contributed by atoms with Crippen LogP contribution >= 0.6 is 15.9 Å². The van der Waals surface area contributed by atoms with Crippen LogP contribution in [0.25, 0.3) is 0 Å². The minimum Gasteiger partial charge on any atom is -0.492 e. The third-order valence-corrected chi connectivity index (χ3v) is 2.72. The molecular formula is C12H18BrNO2. The first-order valence-corrected chi connectivity index (χ1v) is 6.13. The van der Waals surface area contributed by atoms with Gasteiger partial charge in [0.25, 0.3) is 0 Å². The number of hydrogen-bond donors (Lipinski definition) is 1. The second kappa shape index (κ2) is 7.65. The number of nitrogens with one attached hydrogen (secondary N) is 1. The fourth-order valence-corrected chi connectivity index (χ4v) is 1.42. The molecule has 0 aliphatic heterocycles. The molecule has 3 nitrogen and oxygen atoms in total. The van der Waals surface area contributed by atoms with E-state index in [1.165, 1.54) is 0 Å². The van der Waals surface area contributed by atoms with Gasteiger partial charge in [-0.1, -0.05) is 15.9 Å². The summed E-state index contributed by atoms with van der Waals surface area (Å²) in [6.07, 6.45) is 0.243. The molecule has 0 fully saturated rings. The molecule has 0 aliphatic carbocycles. The molecule has 0 radical (unpaired) electrons. The van der Waals surface area contributed by atoms with E-state index in [-0.39, 0.29) is 6.10 Å². The molecule has 4 heteroatoms. The first-order chi connectivity index (χ1) is 7.72. The Balaban J connectivity index is 2.09. The van der Waals surface area contributed by atoms with Crippen LogP contribution in [0.2, 0.25) is 0 Å². The summed E-state index contributed by atoms with van der Waals surface area (Å²) in [5.74, 6) is 0.893. The number of hydrogen-bond acceptors (Lipinski definition) is 3. The molecule has 16 heavy (non-hydrogen) atoms. The Bertz CT molecular complexity index is 290. The van der Waals surface area contributed by atoms with Crippen LogP contribution in [0.1, 0.15) is 6.92 Å². The third-order valence-electron chi connectivity index (χ3n) is 2.20. The Kier molecular flexibility index (Phi) is 6.45. The fraction of sp³-hybridized carbons (Fsp3) is 0.500. The van der Waals surface area contributed by atoms with E-state index in [9.17, 15) is 0 Å². The van der Waals surface area contributed by atoms with Crippen molar-refractivity contribution in [3.05, 3.63) is 28.7 Å². The molecule has 0 aliphatic rings. The summed E-state index contributed by atoms with van der Waals surface area (Å²) in [5, 5.41) is 3.26. The summed E-state index contributed by atoms with van der Waals surface area (Å²) in [7, 11) is 1.71. The maximum Gasteiger partial charge on any atom is 0.119 e. The zero-order chi connectivity index (χ0) is 11.8. The zero-order valence-electron chi connectivity index (χ0n) is 9.70. The lowest BCUT2D eigenvalue weighted by molar-refractivity contribution is 0.116. The molecule has 0 spiro atoms. The van der Waals surface area contributed by atoms with E-state index in [0.717, 1.165) is 23.3 Å². The van der Waals surface area contributed by atoms with Gasteiger partial charge in [-0.15, -0.1) is 0 Å². The number of halogens is 1. The van der Waals surface area contributed by atoms with Crippen LogP contribution < -0.4 is 10.1 Å². The van der Waals surface area contributed by atoms with Crippen LogP contribution in [0.3, 0.4) is 0 Å². The standard InChI is InChI=1S/C12H18BrNO2/c1-10(15-2)9-14-7-8-16-12-5-3-11(13)4-6-12/h3-6,10,14H,7-9H2,1-2H3. The lowest BCUT2D eigenvalue weighted by Crippen LogP contribution is -2.29. The monoisotopic (exact) mass is 287 g/mol. The maximum absolute atomic E-state index is 5.55. The molecule has 1 atom stereocenters. The number of rotatable bonds is 7. The molecule has 1 rings (SSSR count). The summed E-state index contributed by atoms with van der Waals surface area (Å²) in [4.78, 5) is 0. The Morgan fingerprint density at radius 3 is 2.62 bits per heavy atom. The highest BCUT2D eigenvalue weighted by Gasteiger charge is 1.97. The van der Waals surface area contributed by atoms with Crippen LogP contribution in [-0.4, -0.2) is 32.9 Å². The van der Waals surface area contributed by atoms with E-state index in [0.29, 0.717) is 6.61 Å². The summed E-state index contributed by atoms with van der Waals surface area (Å²) in [6.45, 7) is 4.37. The first-order valence-electron chi connectivity index (χ1n) is 5.34. The predicted octanol–water partition coefficient (Wildman–Crippen LogP) is 2.45. The van der Waals surface area contributed by atoms with Crippen molar-refractivity contribution in [3.8, 4) is 5.75 Å². The Morgan fingerprint density at radius 2 is 2.00 bits per heavy atom. The Hall–Kier alpha value is -0.580. The summed E-state index contributed by atoms with van der Waals surface area (Å²) in [5.41, 5.74) is 0. The molecule has 1 aromatic rings. The normalized spacial score (nSPS) is 12.4. The molecule has 1 N–H and O–H groups in total. The molecule has 0 bridgehead atoms. The van der Waals surface area contributed by atoms with Crippen LogP contribution in [-0.2, 0) is 4.74 Å². The van der Waals surface area contributed by atoms with Gasteiger partial charge in [0.15, 0.2) is 0 Å². The number of ether oxygens (including phenoxy) is 2. The minimum absolute atomic E-state index is 0.243. The van der Waals surface area contributed by atoms with Crippen molar-refractivity contribution in [2.75, 3.05) is 26.8 Å². The summed E-state index contributed by atoms with van der Waals surface area (Å²) < 4.78 is 11.7. The van der Waals surface area contributed by atoms with E-state index in [1.54, 1.807) is 7.11 Å². The topological polar surface area (TPSA) is 30.5 Å². The molecule has 1 unspecified atom stereocenters. The lowest BCUT2D eigenvalue weighted by atomic mass is 10.3. The molecule has 0 aromatic heterocycles. The van der Waals surface area contributed by atoms with Gasteiger partial charge in [-0.3, -0.25) is 0 Å². The van der Waals surface area contributed by atoms with Crippen molar-refractivity contribution < 1.29 is 9.47 Å². The van der Waals surface area contributed by atoms with Gasteiger partial charge >= 0.3 is 0 Å². The van der Waals surface area contributed by atoms with E-state index in [4.69, 9.17) is 9.47 Å². The van der Waals surface area contributed by atoms with Crippen molar-refractivity contribution >= 4 is 15.9 Å². The van der Waals surface area contributed by atoms with Gasteiger partial charge in [0.2, 0.25) is 0 Å². The summed E-state index contributed by atoms with van der Waals surface area (Å²) >= 11 is 3.38. The zero-order valence-corrected chi connectivity index (χ0v) is 11.3. The van der Waals surface area contributed by atoms with Crippen LogP contribution in [0.4, 0.5) is 0 Å².